The highest BCUT2D eigenvalue weighted by Crippen LogP contribution is 2.10. The number of hydrogen-bond donors (Lipinski definition) is 2. The summed E-state index contributed by atoms with van der Waals surface area (Å²) in [6.45, 7) is 4.37. The summed E-state index contributed by atoms with van der Waals surface area (Å²) in [6, 6.07) is 6.42. The molecule has 0 unspecified atom stereocenters. The summed E-state index contributed by atoms with van der Waals surface area (Å²) in [5.41, 5.74) is 0.995. The molecule has 3 N–H and O–H groups in total. The maximum atomic E-state index is 11.4. The SMILES string of the molecule is CC(C)OCC(=O)NCCCc1ccc(S(N)(=O)=O)cc1. The molecule has 1 rings (SSSR count). The van der Waals surface area contributed by atoms with Crippen LogP contribution in [0.4, 0.5) is 0 Å². The van der Waals surface area contributed by atoms with Gasteiger partial charge in [-0.2, -0.15) is 0 Å². The van der Waals surface area contributed by atoms with Crippen LogP contribution in [0.5, 0.6) is 0 Å². The molecule has 0 aliphatic rings. The normalized spacial score (nSPS) is 11.6. The van der Waals surface area contributed by atoms with Gasteiger partial charge in [0.1, 0.15) is 6.61 Å². The number of carbonyl (C=O) groups is 1. The lowest BCUT2D eigenvalue weighted by Gasteiger charge is -2.08. The molecule has 0 saturated carbocycles. The predicted molar refractivity (Wildman–Crippen MR) is 80.2 cm³/mol. The van der Waals surface area contributed by atoms with Gasteiger partial charge in [0.15, 0.2) is 0 Å². The summed E-state index contributed by atoms with van der Waals surface area (Å²) < 4.78 is 27.4. The van der Waals surface area contributed by atoms with Crippen molar-refractivity contribution in [3.63, 3.8) is 0 Å². The third kappa shape index (κ3) is 7.22. The maximum Gasteiger partial charge on any atom is 0.246 e. The lowest BCUT2D eigenvalue weighted by Crippen LogP contribution is -2.29. The molecule has 0 bridgehead atoms. The van der Waals surface area contributed by atoms with E-state index < -0.39 is 10.0 Å². The Kier molecular flexibility index (Phi) is 6.80. The lowest BCUT2D eigenvalue weighted by molar-refractivity contribution is -0.127. The minimum absolute atomic E-state index is 0.0353. The molecule has 0 heterocycles. The van der Waals surface area contributed by atoms with Crippen LogP contribution in [0.25, 0.3) is 0 Å². The molecule has 0 fully saturated rings. The minimum Gasteiger partial charge on any atom is -0.369 e. The fraction of sp³-hybridized carbons (Fsp3) is 0.500. The summed E-state index contributed by atoms with van der Waals surface area (Å²) in [7, 11) is -3.64. The van der Waals surface area contributed by atoms with E-state index in [1.165, 1.54) is 12.1 Å². The molecule has 0 aliphatic carbocycles. The minimum atomic E-state index is -3.64. The van der Waals surface area contributed by atoms with Gasteiger partial charge >= 0.3 is 0 Å². The van der Waals surface area contributed by atoms with Gasteiger partial charge in [0.05, 0.1) is 11.0 Å². The smallest absolute Gasteiger partial charge is 0.246 e. The van der Waals surface area contributed by atoms with Crippen LogP contribution < -0.4 is 10.5 Å². The molecule has 0 saturated heterocycles. The Morgan fingerprint density at radius 3 is 2.43 bits per heavy atom. The summed E-state index contributed by atoms with van der Waals surface area (Å²) in [5, 5.41) is 7.79. The van der Waals surface area contributed by atoms with Gasteiger partial charge in [-0.05, 0) is 44.4 Å². The van der Waals surface area contributed by atoms with Crippen molar-refractivity contribution in [2.24, 2.45) is 5.14 Å². The fourth-order valence-corrected chi connectivity index (χ4v) is 2.17. The zero-order valence-corrected chi connectivity index (χ0v) is 13.2. The monoisotopic (exact) mass is 314 g/mol. The van der Waals surface area contributed by atoms with Gasteiger partial charge in [-0.25, -0.2) is 13.6 Å². The van der Waals surface area contributed by atoms with E-state index in [4.69, 9.17) is 9.88 Å². The largest absolute Gasteiger partial charge is 0.369 e. The van der Waals surface area contributed by atoms with Gasteiger partial charge < -0.3 is 10.1 Å². The van der Waals surface area contributed by atoms with Gasteiger partial charge in [0, 0.05) is 6.54 Å². The van der Waals surface area contributed by atoms with Crippen molar-refractivity contribution in [2.75, 3.05) is 13.2 Å². The molecule has 0 spiro atoms. The zero-order valence-electron chi connectivity index (χ0n) is 12.3. The molecule has 118 valence electrons. The van der Waals surface area contributed by atoms with Crippen LogP contribution in [0.2, 0.25) is 0 Å². The maximum absolute atomic E-state index is 11.4. The standard InChI is InChI=1S/C14H22N2O4S/c1-11(2)20-10-14(17)16-9-3-4-12-5-7-13(8-6-12)21(15,18)19/h5-8,11H,3-4,9-10H2,1-2H3,(H,16,17)(H2,15,18,19). The highest BCUT2D eigenvalue weighted by Gasteiger charge is 2.06. The van der Waals surface area contributed by atoms with Gasteiger partial charge in [0.25, 0.3) is 0 Å². The van der Waals surface area contributed by atoms with Crippen molar-refractivity contribution in [1.82, 2.24) is 5.32 Å². The molecule has 1 aromatic carbocycles. The van der Waals surface area contributed by atoms with Crippen molar-refractivity contribution in [3.05, 3.63) is 29.8 Å². The topological polar surface area (TPSA) is 98.5 Å². The predicted octanol–water partition coefficient (Wildman–Crippen LogP) is 0.808. The molecule has 0 radical (unpaired) electrons. The zero-order chi connectivity index (χ0) is 15.9. The number of aryl methyl sites for hydroxylation is 1. The Hall–Kier alpha value is -1.44. The van der Waals surface area contributed by atoms with Gasteiger partial charge in [0.2, 0.25) is 15.9 Å². The Labute approximate surface area is 125 Å². The van der Waals surface area contributed by atoms with E-state index in [0.29, 0.717) is 6.54 Å². The van der Waals surface area contributed by atoms with Crippen LogP contribution in [0.15, 0.2) is 29.2 Å². The van der Waals surface area contributed by atoms with E-state index in [0.717, 1.165) is 18.4 Å². The summed E-state index contributed by atoms with van der Waals surface area (Å²) >= 11 is 0. The number of sulfonamides is 1. The molecule has 1 amide bonds. The molecule has 0 aromatic heterocycles. The second-order valence-electron chi connectivity index (χ2n) is 5.00. The van der Waals surface area contributed by atoms with E-state index in [1.54, 1.807) is 12.1 Å². The summed E-state index contributed by atoms with van der Waals surface area (Å²) in [5.74, 6) is -0.131. The number of nitrogens with one attached hydrogen (secondary N) is 1. The highest BCUT2D eigenvalue weighted by molar-refractivity contribution is 7.89. The first kappa shape index (κ1) is 17.6. The second kappa shape index (κ2) is 8.11. The molecule has 21 heavy (non-hydrogen) atoms. The Bertz CT molecular complexity index is 553. The third-order valence-electron chi connectivity index (χ3n) is 2.76. The van der Waals surface area contributed by atoms with Crippen LogP contribution in [0.3, 0.4) is 0 Å². The van der Waals surface area contributed by atoms with Gasteiger partial charge in [-0.1, -0.05) is 12.1 Å². The number of rotatable bonds is 8. The van der Waals surface area contributed by atoms with E-state index in [2.05, 4.69) is 5.32 Å². The number of ether oxygens (including phenoxy) is 1. The van der Waals surface area contributed by atoms with Gasteiger partial charge in [-0.15, -0.1) is 0 Å². The third-order valence-corrected chi connectivity index (χ3v) is 3.69. The number of benzene rings is 1. The van der Waals surface area contributed by atoms with Crippen LogP contribution in [0.1, 0.15) is 25.8 Å². The van der Waals surface area contributed by atoms with Crippen molar-refractivity contribution in [3.8, 4) is 0 Å². The van der Waals surface area contributed by atoms with E-state index in [-0.39, 0.29) is 23.5 Å². The fourth-order valence-electron chi connectivity index (χ4n) is 1.66. The average Bonchev–Trinajstić information content (AvgIpc) is 2.41. The molecular weight excluding hydrogens is 292 g/mol. The number of nitrogens with two attached hydrogens (primary N) is 1. The molecule has 7 heteroatoms. The van der Waals surface area contributed by atoms with Crippen LogP contribution in [-0.2, 0) is 26.0 Å². The van der Waals surface area contributed by atoms with Crippen molar-refractivity contribution >= 4 is 15.9 Å². The quantitative estimate of drug-likeness (QED) is 0.694. The van der Waals surface area contributed by atoms with E-state index in [1.807, 2.05) is 13.8 Å². The van der Waals surface area contributed by atoms with Crippen LogP contribution >= 0.6 is 0 Å². The van der Waals surface area contributed by atoms with Crippen molar-refractivity contribution < 1.29 is 17.9 Å². The van der Waals surface area contributed by atoms with Crippen molar-refractivity contribution in [1.29, 1.82) is 0 Å². The van der Waals surface area contributed by atoms with Crippen molar-refractivity contribution in [2.45, 2.75) is 37.7 Å². The highest BCUT2D eigenvalue weighted by atomic mass is 32.2. The Balaban J connectivity index is 2.29. The Morgan fingerprint density at radius 2 is 1.90 bits per heavy atom. The molecule has 6 nitrogen and oxygen atoms in total. The first-order chi connectivity index (χ1) is 9.79. The molecular formula is C14H22N2O4S. The molecule has 1 aromatic rings. The summed E-state index contributed by atoms with van der Waals surface area (Å²) in [6.07, 6.45) is 1.55. The van der Waals surface area contributed by atoms with Crippen LogP contribution in [0, 0.1) is 0 Å². The first-order valence-corrected chi connectivity index (χ1v) is 8.33. The van der Waals surface area contributed by atoms with E-state index >= 15 is 0 Å². The number of carbonyl (C=O) groups excluding carboxylic acids is 1. The first-order valence-electron chi connectivity index (χ1n) is 6.79. The lowest BCUT2D eigenvalue weighted by atomic mass is 10.1. The molecule has 0 aliphatic heterocycles. The van der Waals surface area contributed by atoms with Crippen LogP contribution in [-0.4, -0.2) is 33.6 Å². The number of primary sulfonamides is 1. The Morgan fingerprint density at radius 1 is 1.29 bits per heavy atom. The number of amides is 1. The molecule has 0 atom stereocenters. The summed E-state index contributed by atoms with van der Waals surface area (Å²) in [4.78, 5) is 11.5. The van der Waals surface area contributed by atoms with Gasteiger partial charge in [-0.3, -0.25) is 4.79 Å². The average molecular weight is 314 g/mol. The number of hydrogen-bond acceptors (Lipinski definition) is 4. The second-order valence-corrected chi connectivity index (χ2v) is 6.56. The van der Waals surface area contributed by atoms with E-state index in [9.17, 15) is 13.2 Å².